The molecule has 1 heterocycles. The number of aromatic nitrogens is 1. The number of carbonyl (C=O) groups is 1. The lowest BCUT2D eigenvalue weighted by Crippen LogP contribution is -2.43. The highest BCUT2D eigenvalue weighted by Crippen LogP contribution is 2.40. The summed E-state index contributed by atoms with van der Waals surface area (Å²) >= 11 is 0. The molecular formula is C20H23FN2O3. The van der Waals surface area contributed by atoms with Gasteiger partial charge in [0.25, 0.3) is 5.91 Å². The van der Waals surface area contributed by atoms with E-state index in [1.165, 1.54) is 25.3 Å². The van der Waals surface area contributed by atoms with E-state index in [1.54, 1.807) is 19.2 Å². The van der Waals surface area contributed by atoms with E-state index in [4.69, 9.17) is 4.74 Å². The molecule has 2 aromatic rings. The maximum absolute atomic E-state index is 13.5. The topological polar surface area (TPSA) is 71.5 Å². The van der Waals surface area contributed by atoms with Crippen LogP contribution >= 0.6 is 0 Å². The van der Waals surface area contributed by atoms with Crippen LogP contribution in [0.15, 0.2) is 36.5 Å². The van der Waals surface area contributed by atoms with Gasteiger partial charge in [0.05, 0.1) is 7.11 Å². The molecule has 26 heavy (non-hydrogen) atoms. The summed E-state index contributed by atoms with van der Waals surface area (Å²) in [5, 5.41) is 13.6. The standard InChI is InChI=1S/C20H23FN2O3/c1-3-20(25,16-5-4-6-17(21)10-16)19(24)23-12-15-9-14(13-7-8-13)11-22-18(15)26-2/h4-6,9-11,13,25H,3,7-8,12H2,1-2H3,(H,23,24). The van der Waals surface area contributed by atoms with Gasteiger partial charge in [-0.15, -0.1) is 0 Å². The summed E-state index contributed by atoms with van der Waals surface area (Å²) in [4.78, 5) is 17.0. The van der Waals surface area contributed by atoms with Crippen LogP contribution in [0.5, 0.6) is 5.88 Å². The molecule has 1 saturated carbocycles. The Morgan fingerprint density at radius 2 is 2.19 bits per heavy atom. The van der Waals surface area contributed by atoms with Crippen LogP contribution in [0.25, 0.3) is 0 Å². The van der Waals surface area contributed by atoms with E-state index in [9.17, 15) is 14.3 Å². The third-order valence-electron chi connectivity index (χ3n) is 4.82. The molecule has 1 unspecified atom stereocenters. The molecule has 3 rings (SSSR count). The normalized spacial score (nSPS) is 16.0. The van der Waals surface area contributed by atoms with E-state index in [2.05, 4.69) is 10.3 Å². The van der Waals surface area contributed by atoms with Gasteiger partial charge in [-0.3, -0.25) is 4.79 Å². The van der Waals surface area contributed by atoms with Gasteiger partial charge < -0.3 is 15.2 Å². The number of hydrogen-bond acceptors (Lipinski definition) is 4. The molecule has 2 N–H and O–H groups in total. The summed E-state index contributed by atoms with van der Waals surface area (Å²) in [6.45, 7) is 1.85. The lowest BCUT2D eigenvalue weighted by Gasteiger charge is -2.26. The van der Waals surface area contributed by atoms with Gasteiger partial charge in [0.15, 0.2) is 5.60 Å². The highest BCUT2D eigenvalue weighted by atomic mass is 19.1. The molecule has 0 aliphatic heterocycles. The minimum atomic E-state index is -1.79. The molecule has 0 radical (unpaired) electrons. The van der Waals surface area contributed by atoms with Gasteiger partial charge in [0.2, 0.25) is 5.88 Å². The number of methoxy groups -OCH3 is 1. The van der Waals surface area contributed by atoms with Crippen molar-refractivity contribution >= 4 is 5.91 Å². The number of amides is 1. The molecule has 1 aromatic carbocycles. The van der Waals surface area contributed by atoms with Crippen molar-refractivity contribution in [2.24, 2.45) is 0 Å². The Labute approximate surface area is 152 Å². The smallest absolute Gasteiger partial charge is 0.256 e. The molecule has 1 aliphatic rings. The van der Waals surface area contributed by atoms with Crippen molar-refractivity contribution in [3.63, 3.8) is 0 Å². The second kappa shape index (κ2) is 7.41. The predicted molar refractivity (Wildman–Crippen MR) is 95.2 cm³/mol. The van der Waals surface area contributed by atoms with Gasteiger partial charge in [-0.2, -0.15) is 0 Å². The van der Waals surface area contributed by atoms with Crippen LogP contribution in [-0.4, -0.2) is 23.1 Å². The minimum absolute atomic E-state index is 0.125. The number of halogens is 1. The maximum Gasteiger partial charge on any atom is 0.256 e. The third kappa shape index (κ3) is 3.70. The Balaban J connectivity index is 1.78. The van der Waals surface area contributed by atoms with E-state index in [0.717, 1.165) is 24.0 Å². The SMILES string of the molecule is CCC(O)(C(=O)NCc1cc(C2CC2)cnc1OC)c1cccc(F)c1. The number of carbonyl (C=O) groups excluding carboxylic acids is 1. The number of ether oxygens (including phenoxy) is 1. The van der Waals surface area contributed by atoms with Gasteiger partial charge >= 0.3 is 0 Å². The predicted octanol–water partition coefficient (Wildman–Crippen LogP) is 3.02. The monoisotopic (exact) mass is 358 g/mol. The summed E-state index contributed by atoms with van der Waals surface area (Å²) < 4.78 is 18.8. The fourth-order valence-electron chi connectivity index (χ4n) is 3.03. The van der Waals surface area contributed by atoms with Crippen molar-refractivity contribution in [3.8, 4) is 5.88 Å². The fraction of sp³-hybridized carbons (Fsp3) is 0.400. The summed E-state index contributed by atoms with van der Waals surface area (Å²) in [6, 6.07) is 7.46. The summed E-state index contributed by atoms with van der Waals surface area (Å²) in [5.74, 6) is -0.0992. The Morgan fingerprint density at radius 1 is 1.42 bits per heavy atom. The first kappa shape index (κ1) is 18.3. The van der Waals surface area contributed by atoms with E-state index < -0.39 is 17.3 Å². The molecule has 0 saturated heterocycles. The first-order chi connectivity index (χ1) is 12.5. The van der Waals surface area contributed by atoms with E-state index in [1.807, 2.05) is 6.07 Å². The second-order valence-corrected chi connectivity index (χ2v) is 6.62. The van der Waals surface area contributed by atoms with Crippen LogP contribution in [0.4, 0.5) is 4.39 Å². The first-order valence-corrected chi connectivity index (χ1v) is 8.77. The minimum Gasteiger partial charge on any atom is -0.481 e. The van der Waals surface area contributed by atoms with Crippen molar-refractivity contribution in [3.05, 3.63) is 59.0 Å². The average molecular weight is 358 g/mol. The summed E-state index contributed by atoms with van der Waals surface area (Å²) in [5.41, 5.74) is 0.319. The Hall–Kier alpha value is -2.47. The third-order valence-corrected chi connectivity index (χ3v) is 4.82. The lowest BCUT2D eigenvalue weighted by atomic mass is 9.90. The van der Waals surface area contributed by atoms with Gasteiger partial charge in [0, 0.05) is 18.3 Å². The highest BCUT2D eigenvalue weighted by molar-refractivity contribution is 5.86. The van der Waals surface area contributed by atoms with Crippen LogP contribution < -0.4 is 10.1 Å². The quantitative estimate of drug-likeness (QED) is 0.798. The molecule has 1 atom stereocenters. The molecule has 1 aromatic heterocycles. The maximum atomic E-state index is 13.5. The van der Waals surface area contributed by atoms with Crippen molar-refractivity contribution in [1.29, 1.82) is 0 Å². The average Bonchev–Trinajstić information content (AvgIpc) is 3.50. The lowest BCUT2D eigenvalue weighted by molar-refractivity contribution is -0.141. The second-order valence-electron chi connectivity index (χ2n) is 6.62. The van der Waals surface area contributed by atoms with E-state index >= 15 is 0 Å². The number of hydrogen-bond donors (Lipinski definition) is 2. The molecule has 6 heteroatoms. The Kier molecular flexibility index (Phi) is 5.23. The van der Waals surface area contributed by atoms with Crippen molar-refractivity contribution < 1.29 is 19.0 Å². The van der Waals surface area contributed by atoms with Crippen LogP contribution in [0, 0.1) is 5.82 Å². The molecular weight excluding hydrogens is 335 g/mol. The molecule has 5 nitrogen and oxygen atoms in total. The summed E-state index contributed by atoms with van der Waals surface area (Å²) in [7, 11) is 1.53. The Bertz CT molecular complexity index is 807. The number of benzene rings is 1. The van der Waals surface area contributed by atoms with Crippen molar-refractivity contribution in [1.82, 2.24) is 10.3 Å². The summed E-state index contributed by atoms with van der Waals surface area (Å²) in [6.07, 6.45) is 4.22. The zero-order valence-corrected chi connectivity index (χ0v) is 15.0. The number of nitrogens with zero attached hydrogens (tertiary/aromatic N) is 1. The molecule has 138 valence electrons. The molecule has 1 aliphatic carbocycles. The van der Waals surface area contributed by atoms with Gasteiger partial charge in [-0.05, 0) is 54.5 Å². The van der Waals surface area contributed by atoms with E-state index in [0.29, 0.717) is 11.8 Å². The molecule has 1 fully saturated rings. The number of rotatable bonds is 7. The fourth-order valence-corrected chi connectivity index (χ4v) is 3.03. The van der Waals surface area contributed by atoms with Crippen LogP contribution in [0.2, 0.25) is 0 Å². The van der Waals surface area contributed by atoms with Crippen molar-refractivity contribution in [2.75, 3.05) is 7.11 Å². The number of pyridine rings is 1. The molecule has 0 spiro atoms. The highest BCUT2D eigenvalue weighted by Gasteiger charge is 2.36. The van der Waals surface area contributed by atoms with Gasteiger partial charge in [-0.1, -0.05) is 19.1 Å². The van der Waals surface area contributed by atoms with Crippen LogP contribution in [-0.2, 0) is 16.9 Å². The van der Waals surface area contributed by atoms with Crippen molar-refractivity contribution in [2.45, 2.75) is 44.2 Å². The largest absolute Gasteiger partial charge is 0.481 e. The van der Waals surface area contributed by atoms with Gasteiger partial charge in [0.1, 0.15) is 5.82 Å². The zero-order valence-electron chi connectivity index (χ0n) is 15.0. The number of aliphatic hydroxyl groups is 1. The zero-order chi connectivity index (χ0) is 18.7. The Morgan fingerprint density at radius 3 is 2.81 bits per heavy atom. The number of nitrogens with one attached hydrogen (secondary N) is 1. The molecule has 1 amide bonds. The van der Waals surface area contributed by atoms with E-state index in [-0.39, 0.29) is 18.5 Å². The van der Waals surface area contributed by atoms with Crippen LogP contribution in [0.1, 0.15) is 48.8 Å². The first-order valence-electron chi connectivity index (χ1n) is 8.77. The molecule has 0 bridgehead atoms. The van der Waals surface area contributed by atoms with Crippen LogP contribution in [0.3, 0.4) is 0 Å². The van der Waals surface area contributed by atoms with Gasteiger partial charge in [-0.25, -0.2) is 9.37 Å².